The predicted octanol–water partition coefficient (Wildman–Crippen LogP) is 16.9. The predicted molar refractivity (Wildman–Crippen MR) is 278 cm³/mol. The third-order valence-corrected chi connectivity index (χ3v) is 15.9. The number of fused-ring (bicyclic) bond motifs is 7. The molecule has 8 aromatic rings. The Morgan fingerprint density at radius 3 is 1.86 bits per heavy atom. The lowest BCUT2D eigenvalue weighted by molar-refractivity contribution is 0.162. The zero-order chi connectivity index (χ0) is 43.9. The lowest BCUT2D eigenvalue weighted by atomic mass is 9.54. The molecule has 0 aliphatic heterocycles. The van der Waals surface area contributed by atoms with E-state index in [1.165, 1.54) is 93.8 Å². The maximum atomic E-state index is 2.51. The molecule has 1 heteroatoms. The number of hydrogen-bond donors (Lipinski definition) is 0. The Bertz CT molecular complexity index is 3370. The fourth-order valence-electron chi connectivity index (χ4n) is 11.7. The van der Waals surface area contributed by atoms with Crippen LogP contribution in [-0.4, -0.2) is 0 Å². The van der Waals surface area contributed by atoms with E-state index in [2.05, 4.69) is 239 Å². The van der Waals surface area contributed by atoms with Gasteiger partial charge in [0.1, 0.15) is 0 Å². The number of benzene rings is 8. The van der Waals surface area contributed by atoms with Crippen LogP contribution in [0.25, 0.3) is 60.6 Å². The van der Waals surface area contributed by atoms with Gasteiger partial charge in [0.25, 0.3) is 0 Å². The first-order valence-corrected chi connectivity index (χ1v) is 23.7. The molecule has 0 fully saturated rings. The molecule has 12 rings (SSSR count). The molecular weight excluding hydrogens is 783 g/mol. The average molecular weight is 838 g/mol. The van der Waals surface area contributed by atoms with E-state index < -0.39 is 0 Å². The smallest absolute Gasteiger partial charge is 0.0461 e. The highest BCUT2D eigenvalue weighted by Gasteiger charge is 2.47. The van der Waals surface area contributed by atoms with Crippen molar-refractivity contribution in [1.82, 2.24) is 0 Å². The van der Waals surface area contributed by atoms with E-state index in [-0.39, 0.29) is 16.2 Å². The minimum absolute atomic E-state index is 0.0287. The molecular formula is C64H55N. The van der Waals surface area contributed by atoms with Gasteiger partial charge in [-0.3, -0.25) is 0 Å². The summed E-state index contributed by atoms with van der Waals surface area (Å²) in [5.41, 5.74) is 15.8. The van der Waals surface area contributed by atoms with Crippen molar-refractivity contribution in [3.8, 4) is 22.3 Å². The topological polar surface area (TPSA) is 3.24 Å². The highest BCUT2D eigenvalue weighted by Crippen LogP contribution is 2.56. The molecule has 4 atom stereocenters. The largest absolute Gasteiger partial charge is 0.311 e. The minimum Gasteiger partial charge on any atom is -0.311 e. The quantitative estimate of drug-likeness (QED) is 0.151. The number of nitrogens with zero attached hydrogens (tertiary/aromatic N) is 1. The van der Waals surface area contributed by atoms with Crippen LogP contribution in [0.1, 0.15) is 61.9 Å². The number of hydrogen-bond acceptors (Lipinski definition) is 1. The fourth-order valence-corrected chi connectivity index (χ4v) is 11.7. The Hall–Kier alpha value is -6.96. The molecule has 4 unspecified atom stereocenters. The van der Waals surface area contributed by atoms with Gasteiger partial charge in [-0.15, -0.1) is 0 Å². The van der Waals surface area contributed by atoms with Crippen LogP contribution in [0.4, 0.5) is 11.4 Å². The summed E-state index contributed by atoms with van der Waals surface area (Å²) in [6, 6.07) is 57.5. The Kier molecular flexibility index (Phi) is 9.18. The van der Waals surface area contributed by atoms with Crippen LogP contribution in [0.15, 0.2) is 206 Å². The second kappa shape index (κ2) is 15.1. The van der Waals surface area contributed by atoms with E-state index in [4.69, 9.17) is 0 Å². The van der Waals surface area contributed by atoms with Crippen LogP contribution >= 0.6 is 0 Å². The van der Waals surface area contributed by atoms with Gasteiger partial charge in [0, 0.05) is 22.5 Å². The third kappa shape index (κ3) is 6.58. The summed E-state index contributed by atoms with van der Waals surface area (Å²) in [6.45, 7) is 9.61. The lowest BCUT2D eigenvalue weighted by Gasteiger charge is -2.49. The molecule has 4 aliphatic carbocycles. The average Bonchev–Trinajstić information content (AvgIpc) is 3.33. The van der Waals surface area contributed by atoms with Crippen molar-refractivity contribution in [1.29, 1.82) is 0 Å². The van der Waals surface area contributed by atoms with E-state index in [1.807, 2.05) is 0 Å². The van der Waals surface area contributed by atoms with Gasteiger partial charge >= 0.3 is 0 Å². The van der Waals surface area contributed by atoms with Crippen molar-refractivity contribution in [2.45, 2.75) is 58.8 Å². The number of anilines is 2. The van der Waals surface area contributed by atoms with Crippen molar-refractivity contribution in [3.63, 3.8) is 0 Å². The van der Waals surface area contributed by atoms with E-state index in [0.717, 1.165) is 31.4 Å². The Morgan fingerprint density at radius 1 is 0.508 bits per heavy atom. The van der Waals surface area contributed by atoms with E-state index >= 15 is 0 Å². The highest BCUT2D eigenvalue weighted by atomic mass is 15.1. The van der Waals surface area contributed by atoms with Crippen molar-refractivity contribution in [2.75, 3.05) is 4.90 Å². The number of allylic oxidation sites excluding steroid dienone is 8. The summed E-state index contributed by atoms with van der Waals surface area (Å²) in [4.78, 5) is 2.43. The zero-order valence-corrected chi connectivity index (χ0v) is 38.0. The van der Waals surface area contributed by atoms with Crippen LogP contribution in [-0.2, 0) is 24.7 Å². The van der Waals surface area contributed by atoms with Crippen LogP contribution in [0, 0.1) is 16.7 Å². The minimum atomic E-state index is -0.0520. The molecule has 1 nitrogen and oxygen atoms in total. The molecule has 316 valence electrons. The first-order chi connectivity index (χ1) is 31.7. The SMILES string of the molecule is CC1C=CC(N(c2ccc(-c3ccc(-c4cc5cc6ccccc6cc5c5c4CC4(C)C=CC=CC4(C)C5)c4ccccc34)cc2)c2ccc(C3(C)C=Cc4ccccc4C3)cc2)=CC1. The molecule has 65 heavy (non-hydrogen) atoms. The van der Waals surface area contributed by atoms with Crippen molar-refractivity contribution >= 4 is 49.8 Å². The lowest BCUT2D eigenvalue weighted by Crippen LogP contribution is -2.43. The molecule has 0 bridgehead atoms. The molecule has 8 aromatic carbocycles. The van der Waals surface area contributed by atoms with Crippen LogP contribution in [0.5, 0.6) is 0 Å². The molecule has 0 heterocycles. The van der Waals surface area contributed by atoms with Gasteiger partial charge in [-0.2, -0.15) is 0 Å². The summed E-state index contributed by atoms with van der Waals surface area (Å²) in [7, 11) is 0. The van der Waals surface area contributed by atoms with Gasteiger partial charge in [0.05, 0.1) is 0 Å². The molecule has 0 aromatic heterocycles. The molecule has 0 amide bonds. The van der Waals surface area contributed by atoms with Gasteiger partial charge in [-0.1, -0.05) is 185 Å². The molecule has 0 radical (unpaired) electrons. The normalized spacial score (nSPS) is 23.0. The maximum absolute atomic E-state index is 2.51. The van der Waals surface area contributed by atoms with Crippen LogP contribution in [0.3, 0.4) is 0 Å². The molecule has 0 saturated heterocycles. The molecule has 0 N–H and O–H groups in total. The summed E-state index contributed by atoms with van der Waals surface area (Å²) < 4.78 is 0. The second-order valence-corrected chi connectivity index (χ2v) is 20.2. The third-order valence-electron chi connectivity index (χ3n) is 15.9. The van der Waals surface area contributed by atoms with Crippen LogP contribution < -0.4 is 4.90 Å². The Morgan fingerprint density at radius 2 is 1.14 bits per heavy atom. The fraction of sp³-hybridized carbons (Fsp3) is 0.188. The number of rotatable bonds is 6. The van der Waals surface area contributed by atoms with E-state index in [1.54, 1.807) is 0 Å². The van der Waals surface area contributed by atoms with Crippen molar-refractivity contribution < 1.29 is 0 Å². The summed E-state index contributed by atoms with van der Waals surface area (Å²) in [5.74, 6) is 0.534. The van der Waals surface area contributed by atoms with Crippen molar-refractivity contribution in [2.24, 2.45) is 16.7 Å². The van der Waals surface area contributed by atoms with E-state index in [0.29, 0.717) is 5.92 Å². The van der Waals surface area contributed by atoms with Gasteiger partial charge < -0.3 is 4.90 Å². The Balaban J connectivity index is 0.935. The summed E-state index contributed by atoms with van der Waals surface area (Å²) in [6.07, 6.45) is 25.3. The maximum Gasteiger partial charge on any atom is 0.0461 e. The second-order valence-electron chi connectivity index (χ2n) is 20.2. The first-order valence-electron chi connectivity index (χ1n) is 23.7. The van der Waals surface area contributed by atoms with Crippen LogP contribution in [0.2, 0.25) is 0 Å². The molecule has 0 spiro atoms. The summed E-state index contributed by atoms with van der Waals surface area (Å²) in [5, 5.41) is 7.91. The van der Waals surface area contributed by atoms with Gasteiger partial charge in [-0.05, 0) is 173 Å². The van der Waals surface area contributed by atoms with Gasteiger partial charge in [0.2, 0.25) is 0 Å². The molecule has 4 aliphatic rings. The van der Waals surface area contributed by atoms with E-state index in [9.17, 15) is 0 Å². The van der Waals surface area contributed by atoms with Crippen molar-refractivity contribution in [3.05, 3.63) is 234 Å². The zero-order valence-electron chi connectivity index (χ0n) is 38.0. The standard InChI is InChI=1S/C64H55N/c1-43-19-25-51(26-20-43)65(53-29-23-50(24-30-53)62(2)36-33-44-13-5-8-16-48(44)40-62)52-27-21-45(22-28-52)54-31-32-57(56-18-10-9-17-55(54)56)59-39-49-37-46-14-6-7-15-47(46)38-58(49)60-41-63(3)34-11-12-35-64(63,4)42-61(59)60/h5-19,21-39,43H,20,40-42H2,1-4H3. The van der Waals surface area contributed by atoms with Gasteiger partial charge in [0.15, 0.2) is 0 Å². The molecule has 0 saturated carbocycles. The summed E-state index contributed by atoms with van der Waals surface area (Å²) >= 11 is 0. The monoisotopic (exact) mass is 837 g/mol. The van der Waals surface area contributed by atoms with Gasteiger partial charge in [-0.25, -0.2) is 0 Å². The highest BCUT2D eigenvalue weighted by molar-refractivity contribution is 6.08. The Labute approximate surface area is 384 Å². The first kappa shape index (κ1) is 39.6.